The number of benzene rings is 2. The van der Waals surface area contributed by atoms with Gasteiger partial charge in [-0.05, 0) is 61.6 Å². The minimum Gasteiger partial charge on any atom is -0.489 e. The number of nitrogens with zero attached hydrogens (tertiary/aromatic N) is 1. The molecule has 0 spiro atoms. The third-order valence-corrected chi connectivity index (χ3v) is 5.63. The van der Waals surface area contributed by atoms with Crippen molar-refractivity contribution >= 4 is 21.9 Å². The zero-order valence-corrected chi connectivity index (χ0v) is 14.6. The van der Waals surface area contributed by atoms with Crippen molar-refractivity contribution in [3.63, 3.8) is 0 Å². The lowest BCUT2D eigenvalue weighted by Crippen LogP contribution is -2.39. The van der Waals surface area contributed by atoms with Gasteiger partial charge in [0.2, 0.25) is 5.43 Å². The van der Waals surface area contributed by atoms with E-state index in [1.165, 1.54) is 38.0 Å². The molecule has 0 saturated carbocycles. The molecule has 3 fully saturated rings. The molecule has 6 rings (SSSR count). The van der Waals surface area contributed by atoms with Gasteiger partial charge in [0.15, 0.2) is 0 Å². The summed E-state index contributed by atoms with van der Waals surface area (Å²) < 4.78 is 11.7. The minimum absolute atomic E-state index is 0.0126. The number of rotatable bonds is 3. The second-order valence-corrected chi connectivity index (χ2v) is 7.23. The van der Waals surface area contributed by atoms with E-state index in [4.69, 9.17) is 9.15 Å². The van der Waals surface area contributed by atoms with E-state index >= 15 is 0 Å². The SMILES string of the molecule is O=c1c2ccccc2oc2ccc(OCC=C3CC4CCN3CC4)cc12. The molecule has 0 amide bonds. The van der Waals surface area contributed by atoms with Gasteiger partial charge in [0.1, 0.15) is 23.5 Å². The van der Waals surface area contributed by atoms with Gasteiger partial charge in [0.25, 0.3) is 0 Å². The first-order chi connectivity index (χ1) is 12.8. The van der Waals surface area contributed by atoms with E-state index in [9.17, 15) is 4.79 Å². The summed E-state index contributed by atoms with van der Waals surface area (Å²) in [6, 6.07) is 12.8. The highest BCUT2D eigenvalue weighted by molar-refractivity contribution is 5.90. The average Bonchev–Trinajstić information content (AvgIpc) is 2.70. The summed E-state index contributed by atoms with van der Waals surface area (Å²) in [5, 5.41) is 1.17. The van der Waals surface area contributed by atoms with Gasteiger partial charge >= 0.3 is 0 Å². The van der Waals surface area contributed by atoms with Crippen molar-refractivity contribution < 1.29 is 9.15 Å². The largest absolute Gasteiger partial charge is 0.489 e. The van der Waals surface area contributed by atoms with Gasteiger partial charge < -0.3 is 14.1 Å². The van der Waals surface area contributed by atoms with E-state index < -0.39 is 0 Å². The molecule has 0 N–H and O–H groups in total. The highest BCUT2D eigenvalue weighted by Gasteiger charge is 2.28. The highest BCUT2D eigenvalue weighted by atomic mass is 16.5. The van der Waals surface area contributed by atoms with Gasteiger partial charge in [-0.1, -0.05) is 12.1 Å². The molecular formula is C22H21NO3. The summed E-state index contributed by atoms with van der Waals surface area (Å²) in [5.41, 5.74) is 2.61. The fourth-order valence-corrected chi connectivity index (χ4v) is 4.17. The van der Waals surface area contributed by atoms with Gasteiger partial charge in [0.05, 0.1) is 10.8 Å². The van der Waals surface area contributed by atoms with Crippen LogP contribution in [0, 0.1) is 5.92 Å². The summed E-state index contributed by atoms with van der Waals surface area (Å²) in [6.45, 7) is 2.89. The number of para-hydroxylation sites is 1. The number of ether oxygens (including phenoxy) is 1. The normalized spacial score (nSPS) is 18.9. The Kier molecular flexibility index (Phi) is 3.70. The molecule has 26 heavy (non-hydrogen) atoms. The van der Waals surface area contributed by atoms with Crippen LogP contribution in [-0.2, 0) is 0 Å². The van der Waals surface area contributed by atoms with E-state index in [-0.39, 0.29) is 5.43 Å². The molecule has 0 unspecified atom stereocenters. The van der Waals surface area contributed by atoms with Crippen LogP contribution in [0.5, 0.6) is 5.75 Å². The predicted molar refractivity (Wildman–Crippen MR) is 102 cm³/mol. The third kappa shape index (κ3) is 2.66. The lowest BCUT2D eigenvalue weighted by molar-refractivity contribution is 0.158. The topological polar surface area (TPSA) is 42.7 Å². The number of piperidine rings is 3. The quantitative estimate of drug-likeness (QED) is 0.662. The van der Waals surface area contributed by atoms with E-state index in [2.05, 4.69) is 11.0 Å². The molecule has 3 aliphatic heterocycles. The van der Waals surface area contributed by atoms with E-state index in [0.29, 0.717) is 34.3 Å². The predicted octanol–water partition coefficient (Wildman–Crippen LogP) is 4.32. The fraction of sp³-hybridized carbons (Fsp3) is 0.318. The van der Waals surface area contributed by atoms with Crippen LogP contribution in [0.3, 0.4) is 0 Å². The van der Waals surface area contributed by atoms with Crippen LogP contribution in [0.25, 0.3) is 21.9 Å². The zero-order chi connectivity index (χ0) is 17.5. The number of fused-ring (bicyclic) bond motifs is 5. The van der Waals surface area contributed by atoms with Crippen LogP contribution >= 0.6 is 0 Å². The number of hydrogen-bond donors (Lipinski definition) is 0. The fourth-order valence-electron chi connectivity index (χ4n) is 4.17. The Hall–Kier alpha value is -2.75. The molecule has 2 bridgehead atoms. The maximum absolute atomic E-state index is 12.7. The first-order valence-electron chi connectivity index (χ1n) is 9.30. The van der Waals surface area contributed by atoms with Crippen molar-refractivity contribution in [1.82, 2.24) is 4.90 Å². The Balaban J connectivity index is 1.40. The van der Waals surface area contributed by atoms with Crippen molar-refractivity contribution in [2.45, 2.75) is 19.3 Å². The summed E-state index contributed by atoms with van der Waals surface area (Å²) in [5.74, 6) is 1.55. The van der Waals surface area contributed by atoms with Gasteiger partial charge in [0, 0.05) is 18.8 Å². The molecule has 0 radical (unpaired) electrons. The molecule has 4 heteroatoms. The molecule has 2 aromatic carbocycles. The monoisotopic (exact) mass is 347 g/mol. The van der Waals surface area contributed by atoms with Crippen molar-refractivity contribution in [2.75, 3.05) is 19.7 Å². The van der Waals surface area contributed by atoms with Crippen LogP contribution in [0.4, 0.5) is 0 Å². The Morgan fingerprint density at radius 3 is 2.69 bits per heavy atom. The van der Waals surface area contributed by atoms with Crippen LogP contribution in [-0.4, -0.2) is 24.6 Å². The second kappa shape index (κ2) is 6.20. The van der Waals surface area contributed by atoms with Gasteiger partial charge in [-0.15, -0.1) is 0 Å². The molecule has 0 aliphatic carbocycles. The molecule has 3 saturated heterocycles. The molecule has 4 nitrogen and oxygen atoms in total. The summed E-state index contributed by atoms with van der Waals surface area (Å²) in [7, 11) is 0. The summed E-state index contributed by atoms with van der Waals surface area (Å²) in [6.07, 6.45) is 6.02. The van der Waals surface area contributed by atoms with Crippen molar-refractivity contribution in [3.05, 3.63) is 64.5 Å². The Morgan fingerprint density at radius 1 is 1.08 bits per heavy atom. The van der Waals surface area contributed by atoms with Crippen molar-refractivity contribution in [1.29, 1.82) is 0 Å². The lowest BCUT2D eigenvalue weighted by Gasteiger charge is -2.42. The third-order valence-electron chi connectivity index (χ3n) is 5.63. The van der Waals surface area contributed by atoms with Gasteiger partial charge in [-0.2, -0.15) is 0 Å². The summed E-state index contributed by atoms with van der Waals surface area (Å²) >= 11 is 0. The first-order valence-corrected chi connectivity index (χ1v) is 9.30. The van der Waals surface area contributed by atoms with Gasteiger partial charge in [-0.3, -0.25) is 4.79 Å². The number of hydrogen-bond acceptors (Lipinski definition) is 4. The maximum atomic E-state index is 12.7. The Morgan fingerprint density at radius 2 is 1.88 bits per heavy atom. The second-order valence-electron chi connectivity index (χ2n) is 7.23. The number of allylic oxidation sites excluding steroid dienone is 1. The zero-order valence-electron chi connectivity index (χ0n) is 14.6. The van der Waals surface area contributed by atoms with E-state index in [1.54, 1.807) is 12.1 Å². The van der Waals surface area contributed by atoms with E-state index in [0.717, 1.165) is 5.92 Å². The first kappa shape index (κ1) is 15.5. The highest BCUT2D eigenvalue weighted by Crippen LogP contribution is 2.34. The minimum atomic E-state index is -0.0126. The smallest absolute Gasteiger partial charge is 0.200 e. The van der Waals surface area contributed by atoms with Crippen molar-refractivity contribution in [3.8, 4) is 5.75 Å². The summed E-state index contributed by atoms with van der Waals surface area (Å²) in [4.78, 5) is 15.2. The molecule has 1 aromatic heterocycles. The Bertz CT molecular complexity index is 1060. The van der Waals surface area contributed by atoms with E-state index in [1.807, 2.05) is 30.3 Å². The Labute approximate surface area is 151 Å². The maximum Gasteiger partial charge on any atom is 0.200 e. The van der Waals surface area contributed by atoms with Crippen LogP contribution in [0.15, 0.2) is 63.4 Å². The molecular weight excluding hydrogens is 326 g/mol. The molecule has 132 valence electrons. The average molecular weight is 347 g/mol. The van der Waals surface area contributed by atoms with Crippen molar-refractivity contribution in [2.24, 2.45) is 5.92 Å². The molecule has 4 heterocycles. The van der Waals surface area contributed by atoms with Crippen LogP contribution < -0.4 is 10.2 Å². The molecule has 3 aliphatic rings. The van der Waals surface area contributed by atoms with Gasteiger partial charge in [-0.25, -0.2) is 0 Å². The molecule has 0 atom stereocenters. The van der Waals surface area contributed by atoms with Crippen LogP contribution in [0.2, 0.25) is 0 Å². The standard InChI is InChI=1S/C22H21NO3/c24-22-18-3-1-2-4-20(18)26-21-6-5-17(14-19(21)22)25-12-9-16-13-15-7-10-23(16)11-8-15/h1-6,9,14-15H,7-8,10-13H2. The molecule has 3 aromatic rings. The van der Waals surface area contributed by atoms with Crippen LogP contribution in [0.1, 0.15) is 19.3 Å². The lowest BCUT2D eigenvalue weighted by atomic mass is 9.86.